The van der Waals surface area contributed by atoms with Crippen LogP contribution in [0.5, 0.6) is 5.75 Å². The van der Waals surface area contributed by atoms with Gasteiger partial charge in [0, 0.05) is 6.92 Å². The van der Waals surface area contributed by atoms with Gasteiger partial charge in [0.05, 0.1) is 0 Å². The van der Waals surface area contributed by atoms with E-state index in [9.17, 15) is 18.0 Å². The number of hydrogen-bond donors (Lipinski definition) is 1. The first-order valence-electron chi connectivity index (χ1n) is 4.41. The number of alkyl halides is 3. The molecule has 1 aromatic carbocycles. The van der Waals surface area contributed by atoms with Gasteiger partial charge in [0.15, 0.2) is 0 Å². The lowest BCUT2D eigenvalue weighted by Gasteiger charge is -2.15. The van der Waals surface area contributed by atoms with Gasteiger partial charge in [-0.15, -0.1) is 0 Å². The summed E-state index contributed by atoms with van der Waals surface area (Å²) in [6.45, 7) is 1.20. The van der Waals surface area contributed by atoms with Gasteiger partial charge in [0.25, 0.3) is 0 Å². The molecule has 3 nitrogen and oxygen atoms in total. The summed E-state index contributed by atoms with van der Waals surface area (Å²) in [5, 5.41) is 0. The molecule has 1 atom stereocenters. The molecule has 1 aromatic rings. The number of rotatable bonds is 2. The fraction of sp³-hybridized carbons (Fsp3) is 0.300. The van der Waals surface area contributed by atoms with Gasteiger partial charge >= 0.3 is 12.1 Å². The lowest BCUT2D eigenvalue weighted by atomic mass is 10.1. The Balaban J connectivity index is 2.83. The molecule has 88 valence electrons. The highest BCUT2D eigenvalue weighted by Gasteiger charge is 2.37. The third-order valence-electron chi connectivity index (χ3n) is 1.85. The predicted octanol–water partition coefficient (Wildman–Crippen LogP) is 2.17. The van der Waals surface area contributed by atoms with E-state index in [1.54, 1.807) is 0 Å². The molecule has 0 saturated carbocycles. The Morgan fingerprint density at radius 1 is 1.31 bits per heavy atom. The van der Waals surface area contributed by atoms with Crippen molar-refractivity contribution in [3.8, 4) is 5.75 Å². The van der Waals surface area contributed by atoms with E-state index in [0.29, 0.717) is 0 Å². The summed E-state index contributed by atoms with van der Waals surface area (Å²) in [5.74, 6) is -0.349. The van der Waals surface area contributed by atoms with Gasteiger partial charge in [-0.25, -0.2) is 0 Å². The summed E-state index contributed by atoms with van der Waals surface area (Å²) in [5.41, 5.74) is 4.91. The van der Waals surface area contributed by atoms with Gasteiger partial charge in [-0.2, -0.15) is 13.2 Å². The van der Waals surface area contributed by atoms with E-state index in [0.717, 1.165) is 0 Å². The second-order valence-corrected chi connectivity index (χ2v) is 3.18. The highest BCUT2D eigenvalue weighted by molar-refractivity contribution is 5.69. The zero-order valence-corrected chi connectivity index (χ0v) is 8.41. The minimum absolute atomic E-state index is 0.0802. The molecule has 0 amide bonds. The van der Waals surface area contributed by atoms with Crippen LogP contribution < -0.4 is 10.5 Å². The molecular weight excluding hydrogens is 223 g/mol. The van der Waals surface area contributed by atoms with Crippen molar-refractivity contribution in [3.63, 3.8) is 0 Å². The van der Waals surface area contributed by atoms with E-state index in [1.807, 2.05) is 0 Å². The van der Waals surface area contributed by atoms with E-state index in [4.69, 9.17) is 5.73 Å². The van der Waals surface area contributed by atoms with Crippen molar-refractivity contribution >= 4 is 5.97 Å². The van der Waals surface area contributed by atoms with Crippen LogP contribution in [0.3, 0.4) is 0 Å². The standard InChI is InChI=1S/C10H10F3NO2/c1-6(15)16-8-4-2-7(3-5-8)9(14)10(11,12)13/h2-5,9H,14H2,1H3/t9-/m1/s1. The Kier molecular flexibility index (Phi) is 3.54. The highest BCUT2D eigenvalue weighted by atomic mass is 19.4. The average molecular weight is 233 g/mol. The van der Waals surface area contributed by atoms with E-state index in [-0.39, 0.29) is 11.3 Å². The van der Waals surface area contributed by atoms with Crippen molar-refractivity contribution in [2.24, 2.45) is 5.73 Å². The number of halogens is 3. The predicted molar refractivity (Wildman–Crippen MR) is 50.7 cm³/mol. The number of carbonyl (C=O) groups is 1. The topological polar surface area (TPSA) is 52.3 Å². The van der Waals surface area contributed by atoms with Gasteiger partial charge in [0.1, 0.15) is 11.8 Å². The summed E-state index contributed by atoms with van der Waals surface area (Å²) in [6, 6.07) is 2.86. The fourth-order valence-corrected chi connectivity index (χ4v) is 1.10. The first kappa shape index (κ1) is 12.5. The third-order valence-corrected chi connectivity index (χ3v) is 1.85. The van der Waals surface area contributed by atoms with Gasteiger partial charge < -0.3 is 10.5 Å². The molecule has 0 aliphatic rings. The molecule has 2 N–H and O–H groups in total. The van der Waals surface area contributed by atoms with Gasteiger partial charge in [0.2, 0.25) is 0 Å². The molecule has 0 heterocycles. The molecule has 0 fully saturated rings. The van der Waals surface area contributed by atoms with Gasteiger partial charge in [-0.05, 0) is 17.7 Å². The van der Waals surface area contributed by atoms with Crippen molar-refractivity contribution in [3.05, 3.63) is 29.8 Å². The Labute approximate surface area is 90.0 Å². The number of nitrogens with two attached hydrogens (primary N) is 1. The Bertz CT molecular complexity index is 373. The zero-order valence-electron chi connectivity index (χ0n) is 8.41. The molecular formula is C10H10F3NO2. The maximum absolute atomic E-state index is 12.2. The van der Waals surface area contributed by atoms with Crippen LogP contribution in [0.4, 0.5) is 13.2 Å². The second kappa shape index (κ2) is 4.52. The van der Waals surface area contributed by atoms with Crippen LogP contribution in [0.25, 0.3) is 0 Å². The molecule has 0 aliphatic carbocycles. The SMILES string of the molecule is CC(=O)Oc1ccc([C@@H](N)C(F)(F)F)cc1. The number of hydrogen-bond acceptors (Lipinski definition) is 3. The van der Waals surface area contributed by atoms with Crippen molar-refractivity contribution in [2.75, 3.05) is 0 Å². The van der Waals surface area contributed by atoms with Crippen LogP contribution in [-0.2, 0) is 4.79 Å². The number of carbonyl (C=O) groups excluding carboxylic acids is 1. The van der Waals surface area contributed by atoms with E-state index < -0.39 is 18.2 Å². The highest BCUT2D eigenvalue weighted by Crippen LogP contribution is 2.31. The molecule has 0 spiro atoms. The largest absolute Gasteiger partial charge is 0.427 e. The van der Waals surface area contributed by atoms with Gasteiger partial charge in [-0.1, -0.05) is 12.1 Å². The summed E-state index contributed by atoms with van der Waals surface area (Å²) < 4.78 is 41.4. The summed E-state index contributed by atoms with van der Waals surface area (Å²) in [6.07, 6.45) is -4.48. The van der Waals surface area contributed by atoms with Crippen molar-refractivity contribution in [1.29, 1.82) is 0 Å². The summed E-state index contributed by atoms with van der Waals surface area (Å²) >= 11 is 0. The lowest BCUT2D eigenvalue weighted by Crippen LogP contribution is -2.28. The van der Waals surface area contributed by atoms with Crippen LogP contribution in [0.1, 0.15) is 18.5 Å². The Hall–Kier alpha value is -1.56. The number of esters is 1. The fourth-order valence-electron chi connectivity index (χ4n) is 1.10. The smallest absolute Gasteiger partial charge is 0.407 e. The maximum Gasteiger partial charge on any atom is 0.407 e. The monoisotopic (exact) mass is 233 g/mol. The first-order valence-corrected chi connectivity index (χ1v) is 4.41. The molecule has 0 bridgehead atoms. The van der Waals surface area contributed by atoms with Crippen molar-refractivity contribution in [2.45, 2.75) is 19.1 Å². The van der Waals surface area contributed by atoms with E-state index >= 15 is 0 Å². The molecule has 6 heteroatoms. The van der Waals surface area contributed by atoms with Crippen molar-refractivity contribution < 1.29 is 22.7 Å². The molecule has 0 radical (unpaired) electrons. The molecule has 0 aromatic heterocycles. The molecule has 16 heavy (non-hydrogen) atoms. The average Bonchev–Trinajstić information content (AvgIpc) is 2.15. The van der Waals surface area contributed by atoms with Gasteiger partial charge in [-0.3, -0.25) is 4.79 Å². The van der Waals surface area contributed by atoms with E-state index in [2.05, 4.69) is 4.74 Å². The minimum atomic E-state index is -4.48. The van der Waals surface area contributed by atoms with Crippen LogP contribution in [0, 0.1) is 0 Å². The maximum atomic E-state index is 12.2. The molecule has 1 rings (SSSR count). The van der Waals surface area contributed by atoms with Crippen molar-refractivity contribution in [1.82, 2.24) is 0 Å². The van der Waals surface area contributed by atoms with Crippen LogP contribution >= 0.6 is 0 Å². The zero-order chi connectivity index (χ0) is 12.3. The molecule has 0 unspecified atom stereocenters. The molecule has 0 saturated heterocycles. The normalized spacial score (nSPS) is 13.3. The number of ether oxygens (including phenoxy) is 1. The van der Waals surface area contributed by atoms with Crippen LogP contribution in [0.2, 0.25) is 0 Å². The summed E-state index contributed by atoms with van der Waals surface area (Å²) in [4.78, 5) is 10.6. The number of benzene rings is 1. The van der Waals surface area contributed by atoms with Crippen LogP contribution in [0.15, 0.2) is 24.3 Å². The van der Waals surface area contributed by atoms with Crippen LogP contribution in [-0.4, -0.2) is 12.1 Å². The van der Waals surface area contributed by atoms with E-state index in [1.165, 1.54) is 31.2 Å². The minimum Gasteiger partial charge on any atom is -0.427 e. The third kappa shape index (κ3) is 3.23. The first-order chi connectivity index (χ1) is 7.30. The Morgan fingerprint density at radius 3 is 2.19 bits per heavy atom. The Morgan fingerprint density at radius 2 is 1.81 bits per heavy atom. The quantitative estimate of drug-likeness (QED) is 0.629. The molecule has 0 aliphatic heterocycles. The summed E-state index contributed by atoms with van der Waals surface area (Å²) in [7, 11) is 0. The lowest BCUT2D eigenvalue weighted by molar-refractivity contribution is -0.149. The second-order valence-electron chi connectivity index (χ2n) is 3.18.